The molecule has 3 nitrogen and oxygen atoms in total. The monoisotopic (exact) mass is 338 g/mol. The molecule has 1 N–H and O–H groups in total. The molecule has 1 heterocycles. The molecule has 126 valence electrons. The van der Waals surface area contributed by atoms with Gasteiger partial charge in [-0.05, 0) is 24.1 Å². The number of nitrogens with zero attached hydrogens (tertiary/aromatic N) is 1. The molecule has 0 amide bonds. The number of ether oxygens (including phenoxy) is 1. The summed E-state index contributed by atoms with van der Waals surface area (Å²) in [5, 5.41) is 3.31. The third kappa shape index (κ3) is 5.66. The molecule has 1 aromatic rings. The highest BCUT2D eigenvalue weighted by Crippen LogP contribution is 2.29. The Kier molecular flexibility index (Phi) is 7.45. The number of hydrogen-bond acceptors (Lipinski definition) is 3. The lowest BCUT2D eigenvalue weighted by Gasteiger charge is -2.35. The van der Waals surface area contributed by atoms with Gasteiger partial charge < -0.3 is 10.1 Å². The van der Waals surface area contributed by atoms with E-state index in [2.05, 4.69) is 21.9 Å². The number of piperazine rings is 1. The average Bonchev–Trinajstić information content (AvgIpc) is 2.45. The van der Waals surface area contributed by atoms with Gasteiger partial charge in [0.25, 0.3) is 0 Å². The van der Waals surface area contributed by atoms with E-state index in [0.717, 1.165) is 44.6 Å². The zero-order valence-electron chi connectivity index (χ0n) is 12.5. The van der Waals surface area contributed by atoms with E-state index in [-0.39, 0.29) is 24.2 Å². The Morgan fingerprint density at radius 3 is 2.27 bits per heavy atom. The molecule has 0 radical (unpaired) electrons. The standard InChI is InChI=1S/C15H21F3N2O.ClH/c1-2-3-14(20-10-8-19-9-11-20)12-4-6-13(7-5-12)21-15(16,17)18;/h4-7,14,19H,2-3,8-11H2,1H3;1H/t14-;/m0./s1. The summed E-state index contributed by atoms with van der Waals surface area (Å²) in [7, 11) is 0. The smallest absolute Gasteiger partial charge is 0.406 e. The number of hydrogen-bond donors (Lipinski definition) is 1. The van der Waals surface area contributed by atoms with E-state index < -0.39 is 6.36 Å². The molecular weight excluding hydrogens is 317 g/mol. The Labute approximate surface area is 135 Å². The van der Waals surface area contributed by atoms with Crippen LogP contribution in [-0.2, 0) is 0 Å². The molecule has 0 unspecified atom stereocenters. The number of benzene rings is 1. The topological polar surface area (TPSA) is 24.5 Å². The summed E-state index contributed by atoms with van der Waals surface area (Å²) in [5.74, 6) is -0.165. The van der Waals surface area contributed by atoms with Gasteiger partial charge in [-0.3, -0.25) is 4.90 Å². The van der Waals surface area contributed by atoms with Crippen molar-refractivity contribution >= 4 is 12.4 Å². The van der Waals surface area contributed by atoms with Crippen molar-refractivity contribution in [2.24, 2.45) is 0 Å². The molecule has 1 aliphatic rings. The van der Waals surface area contributed by atoms with Crippen molar-refractivity contribution < 1.29 is 17.9 Å². The summed E-state index contributed by atoms with van der Waals surface area (Å²) in [6.45, 7) is 5.96. The quantitative estimate of drug-likeness (QED) is 0.885. The molecular formula is C15H22ClF3N2O. The molecule has 1 fully saturated rings. The van der Waals surface area contributed by atoms with Crippen molar-refractivity contribution in [3.05, 3.63) is 29.8 Å². The minimum absolute atomic E-state index is 0. The Balaban J connectivity index is 0.00000242. The van der Waals surface area contributed by atoms with Crippen molar-refractivity contribution in [2.45, 2.75) is 32.2 Å². The van der Waals surface area contributed by atoms with E-state index in [4.69, 9.17) is 0 Å². The number of halogens is 4. The second-order valence-corrected chi connectivity index (χ2v) is 5.21. The summed E-state index contributed by atoms with van der Waals surface area (Å²) in [6.07, 6.45) is -2.60. The van der Waals surface area contributed by atoms with Gasteiger partial charge in [0.15, 0.2) is 0 Å². The normalized spacial score (nSPS) is 17.6. The first-order valence-electron chi connectivity index (χ1n) is 7.30. The first-order chi connectivity index (χ1) is 9.99. The third-order valence-electron chi connectivity index (χ3n) is 3.65. The number of alkyl halides is 3. The summed E-state index contributed by atoms with van der Waals surface area (Å²) in [5.41, 5.74) is 1.05. The predicted molar refractivity (Wildman–Crippen MR) is 82.5 cm³/mol. The van der Waals surface area contributed by atoms with Crippen molar-refractivity contribution in [1.82, 2.24) is 10.2 Å². The highest BCUT2D eigenvalue weighted by molar-refractivity contribution is 5.85. The first kappa shape index (κ1) is 19.1. The van der Waals surface area contributed by atoms with Crippen molar-refractivity contribution in [3.63, 3.8) is 0 Å². The maximum absolute atomic E-state index is 12.2. The SMILES string of the molecule is CCC[C@@H](c1ccc(OC(F)(F)F)cc1)N1CCNCC1.Cl. The lowest BCUT2D eigenvalue weighted by atomic mass is 10.00. The highest BCUT2D eigenvalue weighted by atomic mass is 35.5. The van der Waals surface area contributed by atoms with Gasteiger partial charge in [-0.2, -0.15) is 0 Å². The molecule has 22 heavy (non-hydrogen) atoms. The van der Waals surface area contributed by atoms with Crippen LogP contribution in [0.25, 0.3) is 0 Å². The largest absolute Gasteiger partial charge is 0.573 e. The van der Waals surface area contributed by atoms with Gasteiger partial charge in [0, 0.05) is 32.2 Å². The van der Waals surface area contributed by atoms with Crippen LogP contribution in [-0.4, -0.2) is 37.4 Å². The molecule has 0 aromatic heterocycles. The maximum atomic E-state index is 12.2. The van der Waals surface area contributed by atoms with E-state index in [0.29, 0.717) is 0 Å². The molecule has 0 bridgehead atoms. The van der Waals surface area contributed by atoms with Crippen molar-refractivity contribution in [3.8, 4) is 5.75 Å². The Hall–Kier alpha value is -0.980. The van der Waals surface area contributed by atoms with Crippen LogP contribution >= 0.6 is 12.4 Å². The summed E-state index contributed by atoms with van der Waals surface area (Å²) in [6, 6.07) is 6.53. The van der Waals surface area contributed by atoms with Gasteiger partial charge in [-0.25, -0.2) is 0 Å². The van der Waals surface area contributed by atoms with E-state index in [1.165, 1.54) is 12.1 Å². The van der Waals surface area contributed by atoms with Gasteiger partial charge in [0.2, 0.25) is 0 Å². The van der Waals surface area contributed by atoms with Crippen LogP contribution in [0.15, 0.2) is 24.3 Å². The van der Waals surface area contributed by atoms with Gasteiger partial charge in [0.05, 0.1) is 0 Å². The first-order valence-corrected chi connectivity index (χ1v) is 7.30. The third-order valence-corrected chi connectivity index (χ3v) is 3.65. The Morgan fingerprint density at radius 1 is 1.18 bits per heavy atom. The van der Waals surface area contributed by atoms with Crippen LogP contribution in [0.1, 0.15) is 31.4 Å². The number of rotatable bonds is 5. The molecule has 0 spiro atoms. The summed E-state index contributed by atoms with van der Waals surface area (Å²) >= 11 is 0. The molecule has 7 heteroatoms. The Morgan fingerprint density at radius 2 is 1.77 bits per heavy atom. The molecule has 1 saturated heterocycles. The Bertz CT molecular complexity index is 433. The summed E-state index contributed by atoms with van der Waals surface area (Å²) < 4.78 is 40.4. The van der Waals surface area contributed by atoms with Gasteiger partial charge >= 0.3 is 6.36 Å². The maximum Gasteiger partial charge on any atom is 0.573 e. The van der Waals surface area contributed by atoms with Gasteiger partial charge in [-0.1, -0.05) is 25.5 Å². The van der Waals surface area contributed by atoms with Gasteiger partial charge in [-0.15, -0.1) is 25.6 Å². The molecule has 0 saturated carbocycles. The average molecular weight is 339 g/mol. The second-order valence-electron chi connectivity index (χ2n) is 5.21. The van der Waals surface area contributed by atoms with Gasteiger partial charge in [0.1, 0.15) is 5.75 Å². The minimum atomic E-state index is -4.64. The summed E-state index contributed by atoms with van der Waals surface area (Å²) in [4.78, 5) is 2.39. The fraction of sp³-hybridized carbons (Fsp3) is 0.600. The van der Waals surface area contributed by atoms with E-state index in [1.54, 1.807) is 12.1 Å². The van der Waals surface area contributed by atoms with E-state index in [9.17, 15) is 13.2 Å². The zero-order chi connectivity index (χ0) is 15.3. The van der Waals surface area contributed by atoms with Crippen molar-refractivity contribution in [2.75, 3.05) is 26.2 Å². The minimum Gasteiger partial charge on any atom is -0.406 e. The second kappa shape index (κ2) is 8.60. The fourth-order valence-corrected chi connectivity index (χ4v) is 2.72. The van der Waals surface area contributed by atoms with E-state index in [1.807, 2.05) is 0 Å². The lowest BCUT2D eigenvalue weighted by molar-refractivity contribution is -0.274. The molecule has 1 aromatic carbocycles. The van der Waals surface area contributed by atoms with E-state index >= 15 is 0 Å². The highest BCUT2D eigenvalue weighted by Gasteiger charge is 2.31. The van der Waals surface area contributed by atoms with Crippen LogP contribution in [0.4, 0.5) is 13.2 Å². The fourth-order valence-electron chi connectivity index (χ4n) is 2.72. The predicted octanol–water partition coefficient (Wildman–Crippen LogP) is 3.75. The number of nitrogens with one attached hydrogen (secondary N) is 1. The lowest BCUT2D eigenvalue weighted by Crippen LogP contribution is -2.45. The van der Waals surface area contributed by atoms with Crippen molar-refractivity contribution in [1.29, 1.82) is 0 Å². The van der Waals surface area contributed by atoms with Crippen LogP contribution in [0.2, 0.25) is 0 Å². The molecule has 1 atom stereocenters. The van der Waals surface area contributed by atoms with Crippen LogP contribution in [0.5, 0.6) is 5.75 Å². The zero-order valence-corrected chi connectivity index (χ0v) is 13.3. The molecule has 0 aliphatic carbocycles. The van der Waals surface area contributed by atoms with Crippen LogP contribution in [0, 0.1) is 0 Å². The van der Waals surface area contributed by atoms with Crippen LogP contribution in [0.3, 0.4) is 0 Å². The molecule has 1 aliphatic heterocycles. The molecule has 2 rings (SSSR count). The van der Waals surface area contributed by atoms with Crippen LogP contribution < -0.4 is 10.1 Å².